The molecule has 1 aromatic carbocycles. The van der Waals surface area contributed by atoms with Crippen LogP contribution in [0.25, 0.3) is 0 Å². The smallest absolute Gasteiger partial charge is 0.338 e. The van der Waals surface area contributed by atoms with E-state index in [2.05, 4.69) is 20.9 Å². The number of nitrogens with zero attached hydrogens (tertiary/aromatic N) is 2. The van der Waals surface area contributed by atoms with E-state index in [1.807, 2.05) is 19.1 Å². The summed E-state index contributed by atoms with van der Waals surface area (Å²) in [4.78, 5) is 41.6. The number of halogens is 1. The second-order valence-electron chi connectivity index (χ2n) is 5.49. The zero-order valence-corrected chi connectivity index (χ0v) is 15.5. The number of carbonyl (C=O) groups excluding carboxylic acids is 2. The molecular formula is C17H13BrN2O4S. The molecule has 25 heavy (non-hydrogen) atoms. The fourth-order valence-corrected chi connectivity index (χ4v) is 4.30. The van der Waals surface area contributed by atoms with Gasteiger partial charge in [0, 0.05) is 17.1 Å². The minimum absolute atomic E-state index is 0.000546. The minimum Gasteiger partial charge on any atom is -0.478 e. The number of aromatic carboxylic acids is 1. The van der Waals surface area contributed by atoms with Crippen LogP contribution in [-0.2, 0) is 9.59 Å². The number of carbonyl (C=O) groups is 3. The van der Waals surface area contributed by atoms with Gasteiger partial charge in [-0.15, -0.1) is 0 Å². The van der Waals surface area contributed by atoms with Crippen LogP contribution in [0.1, 0.15) is 22.3 Å². The Morgan fingerprint density at radius 1 is 1.36 bits per heavy atom. The van der Waals surface area contributed by atoms with Crippen molar-refractivity contribution in [3.05, 3.63) is 52.1 Å². The van der Waals surface area contributed by atoms with E-state index in [-0.39, 0.29) is 28.8 Å². The number of hydrogen-bond donors (Lipinski definition) is 1. The number of anilines is 1. The molecule has 1 aliphatic heterocycles. The fraction of sp³-hybridized carbons (Fsp3) is 0.176. The molecule has 0 saturated carbocycles. The zero-order valence-electron chi connectivity index (χ0n) is 13.1. The van der Waals surface area contributed by atoms with Crippen molar-refractivity contribution in [3.63, 3.8) is 0 Å². The molecule has 1 fully saturated rings. The Balaban J connectivity index is 1.88. The van der Waals surface area contributed by atoms with Crippen molar-refractivity contribution >= 4 is 51.2 Å². The van der Waals surface area contributed by atoms with Crippen LogP contribution in [-0.4, -0.2) is 33.1 Å². The van der Waals surface area contributed by atoms with Crippen LogP contribution in [0.3, 0.4) is 0 Å². The van der Waals surface area contributed by atoms with Gasteiger partial charge in [0.15, 0.2) is 0 Å². The third kappa shape index (κ3) is 3.45. The predicted molar refractivity (Wildman–Crippen MR) is 96.8 cm³/mol. The summed E-state index contributed by atoms with van der Waals surface area (Å²) < 4.78 is 0.656. The number of imide groups is 1. The number of aryl methyl sites for hydroxylation is 1. The number of aromatic nitrogens is 1. The van der Waals surface area contributed by atoms with Gasteiger partial charge in [-0.05, 0) is 52.7 Å². The molecule has 2 aromatic rings. The number of rotatable bonds is 4. The van der Waals surface area contributed by atoms with E-state index < -0.39 is 11.2 Å². The highest BCUT2D eigenvalue weighted by Gasteiger charge is 2.41. The first-order chi connectivity index (χ1) is 11.9. The van der Waals surface area contributed by atoms with Gasteiger partial charge in [-0.25, -0.2) is 14.7 Å². The van der Waals surface area contributed by atoms with Gasteiger partial charge >= 0.3 is 5.97 Å². The van der Waals surface area contributed by atoms with Crippen molar-refractivity contribution in [1.82, 2.24) is 4.98 Å². The van der Waals surface area contributed by atoms with Crippen LogP contribution in [0, 0.1) is 6.92 Å². The van der Waals surface area contributed by atoms with E-state index >= 15 is 0 Å². The first-order valence-corrected chi connectivity index (χ1v) is 9.03. The molecule has 2 heterocycles. The van der Waals surface area contributed by atoms with Crippen molar-refractivity contribution < 1.29 is 19.5 Å². The second-order valence-corrected chi connectivity index (χ2v) is 7.54. The number of benzene rings is 1. The third-order valence-corrected chi connectivity index (χ3v) is 5.54. The maximum absolute atomic E-state index is 12.7. The molecule has 1 aliphatic rings. The standard InChI is InChI=1S/C17H13BrN2O4S/c1-9-4-5-12(11(18)7-9)20-14(21)8-13(16(20)22)25-15-10(17(23)24)3-2-6-19-15/h2-7,13H,8H2,1H3,(H,23,24)/t13-/m1/s1. The highest BCUT2D eigenvalue weighted by molar-refractivity contribution is 9.10. The number of thioether (sulfide) groups is 1. The molecule has 1 saturated heterocycles. The van der Waals surface area contributed by atoms with Crippen molar-refractivity contribution in [3.8, 4) is 0 Å². The Bertz CT molecular complexity index is 887. The Morgan fingerprint density at radius 3 is 2.80 bits per heavy atom. The Morgan fingerprint density at radius 2 is 2.12 bits per heavy atom. The van der Waals surface area contributed by atoms with Gasteiger partial charge in [0.25, 0.3) is 0 Å². The number of amides is 2. The summed E-state index contributed by atoms with van der Waals surface area (Å²) in [5.41, 5.74) is 1.51. The molecule has 3 rings (SSSR count). The van der Waals surface area contributed by atoms with Crippen LogP contribution in [0.4, 0.5) is 5.69 Å². The molecule has 0 spiro atoms. The minimum atomic E-state index is -1.12. The van der Waals surface area contributed by atoms with E-state index in [0.29, 0.717) is 10.2 Å². The van der Waals surface area contributed by atoms with Crippen molar-refractivity contribution in [2.45, 2.75) is 23.6 Å². The summed E-state index contributed by atoms with van der Waals surface area (Å²) in [6, 6.07) is 8.31. The van der Waals surface area contributed by atoms with Crippen LogP contribution in [0.15, 0.2) is 46.0 Å². The summed E-state index contributed by atoms with van der Waals surface area (Å²) in [6.07, 6.45) is 1.46. The Kier molecular flexibility index (Phi) is 4.91. The van der Waals surface area contributed by atoms with Gasteiger partial charge < -0.3 is 5.11 Å². The molecule has 0 unspecified atom stereocenters. The van der Waals surface area contributed by atoms with Crippen molar-refractivity contribution in [2.24, 2.45) is 0 Å². The zero-order chi connectivity index (χ0) is 18.1. The summed E-state index contributed by atoms with van der Waals surface area (Å²) in [7, 11) is 0. The summed E-state index contributed by atoms with van der Waals surface area (Å²) >= 11 is 4.39. The average molecular weight is 421 g/mol. The summed E-state index contributed by atoms with van der Waals surface area (Å²) in [6.45, 7) is 1.91. The summed E-state index contributed by atoms with van der Waals surface area (Å²) in [5.74, 6) is -1.81. The summed E-state index contributed by atoms with van der Waals surface area (Å²) in [5, 5.41) is 8.76. The number of carboxylic acids is 1. The van der Waals surface area contributed by atoms with Gasteiger partial charge in [-0.3, -0.25) is 9.59 Å². The lowest BCUT2D eigenvalue weighted by Gasteiger charge is -2.17. The van der Waals surface area contributed by atoms with Crippen LogP contribution < -0.4 is 4.90 Å². The number of carboxylic acid groups (broad SMARTS) is 1. The van der Waals surface area contributed by atoms with Gasteiger partial charge in [0.1, 0.15) is 5.03 Å². The molecule has 2 amide bonds. The molecule has 0 radical (unpaired) electrons. The molecule has 6 nitrogen and oxygen atoms in total. The topological polar surface area (TPSA) is 87.6 Å². The monoisotopic (exact) mass is 420 g/mol. The average Bonchev–Trinajstić information content (AvgIpc) is 2.82. The van der Waals surface area contributed by atoms with E-state index in [9.17, 15) is 19.5 Å². The van der Waals surface area contributed by atoms with Crippen molar-refractivity contribution in [2.75, 3.05) is 4.90 Å². The molecule has 1 atom stereocenters. The molecule has 1 N–H and O–H groups in total. The maximum atomic E-state index is 12.7. The highest BCUT2D eigenvalue weighted by atomic mass is 79.9. The normalized spacial score (nSPS) is 17.2. The van der Waals surface area contributed by atoms with E-state index in [1.165, 1.54) is 18.3 Å². The Labute approximate surface area is 156 Å². The molecule has 1 aromatic heterocycles. The lowest BCUT2D eigenvalue weighted by molar-refractivity contribution is -0.121. The van der Waals surface area contributed by atoms with Gasteiger partial charge in [0.05, 0.1) is 16.5 Å². The second kappa shape index (κ2) is 6.97. The molecule has 0 bridgehead atoms. The van der Waals surface area contributed by atoms with E-state index in [1.54, 1.807) is 6.07 Å². The SMILES string of the molecule is Cc1ccc(N2C(=O)C[C@@H](Sc3ncccc3C(=O)O)C2=O)c(Br)c1. The van der Waals surface area contributed by atoms with E-state index in [4.69, 9.17) is 0 Å². The van der Waals surface area contributed by atoms with E-state index in [0.717, 1.165) is 22.2 Å². The first kappa shape index (κ1) is 17.6. The van der Waals surface area contributed by atoms with Crippen LogP contribution >= 0.6 is 27.7 Å². The lowest BCUT2D eigenvalue weighted by Crippen LogP contribution is -2.31. The first-order valence-electron chi connectivity index (χ1n) is 7.36. The molecule has 0 aliphatic carbocycles. The lowest BCUT2D eigenvalue weighted by atomic mass is 10.2. The van der Waals surface area contributed by atoms with Gasteiger partial charge in [-0.1, -0.05) is 17.8 Å². The van der Waals surface area contributed by atoms with Crippen molar-refractivity contribution in [1.29, 1.82) is 0 Å². The predicted octanol–water partition coefficient (Wildman–Crippen LogP) is 3.27. The molecule has 128 valence electrons. The quantitative estimate of drug-likeness (QED) is 0.763. The number of hydrogen-bond acceptors (Lipinski definition) is 5. The Hall–Kier alpha value is -2.19. The molecule has 8 heteroatoms. The van der Waals surface area contributed by atoms with Gasteiger partial charge in [-0.2, -0.15) is 0 Å². The highest BCUT2D eigenvalue weighted by Crippen LogP contribution is 2.37. The van der Waals surface area contributed by atoms with Crippen LogP contribution in [0.5, 0.6) is 0 Å². The fourth-order valence-electron chi connectivity index (χ4n) is 2.52. The largest absolute Gasteiger partial charge is 0.478 e. The molecular weight excluding hydrogens is 408 g/mol. The van der Waals surface area contributed by atoms with Gasteiger partial charge in [0.2, 0.25) is 11.8 Å². The van der Waals surface area contributed by atoms with Crippen LogP contribution in [0.2, 0.25) is 0 Å². The number of pyridine rings is 1. The maximum Gasteiger partial charge on any atom is 0.338 e. The third-order valence-electron chi connectivity index (χ3n) is 3.70.